The van der Waals surface area contributed by atoms with Gasteiger partial charge in [0, 0.05) is 24.7 Å². The standard InChI is InChI=1S/C15H29N3O/c1-4-15(2,10-16)14(19)17-11-8-12-6-5-7-13(9-11)18(12)3/h11-13H,4-10,16H2,1-3H3,(H,17,19). The Kier molecular flexibility index (Phi) is 4.51. The molecule has 2 aliphatic heterocycles. The Morgan fingerprint density at radius 3 is 2.42 bits per heavy atom. The molecule has 2 bridgehead atoms. The van der Waals surface area contributed by atoms with Crippen LogP contribution in [-0.2, 0) is 4.79 Å². The molecule has 110 valence electrons. The van der Waals surface area contributed by atoms with Crippen molar-refractivity contribution in [1.82, 2.24) is 10.2 Å². The molecule has 0 aliphatic carbocycles. The topological polar surface area (TPSA) is 58.4 Å². The molecule has 0 aromatic carbocycles. The predicted molar refractivity (Wildman–Crippen MR) is 77.8 cm³/mol. The summed E-state index contributed by atoms with van der Waals surface area (Å²) in [6.45, 7) is 4.43. The maximum absolute atomic E-state index is 12.4. The molecule has 0 saturated carbocycles. The van der Waals surface area contributed by atoms with Crippen molar-refractivity contribution in [2.45, 2.75) is 70.5 Å². The molecule has 0 aromatic heterocycles. The van der Waals surface area contributed by atoms with E-state index in [0.717, 1.165) is 19.3 Å². The van der Waals surface area contributed by atoms with E-state index in [-0.39, 0.29) is 5.91 Å². The SMILES string of the molecule is CCC(C)(CN)C(=O)NC1CC2CCCC(C1)N2C. The van der Waals surface area contributed by atoms with Gasteiger partial charge in [-0.2, -0.15) is 0 Å². The summed E-state index contributed by atoms with van der Waals surface area (Å²) in [6, 6.07) is 1.66. The van der Waals surface area contributed by atoms with Crippen LogP contribution in [0.3, 0.4) is 0 Å². The van der Waals surface area contributed by atoms with Crippen molar-refractivity contribution < 1.29 is 4.79 Å². The number of nitrogens with zero attached hydrogens (tertiary/aromatic N) is 1. The molecule has 3 N–H and O–H groups in total. The van der Waals surface area contributed by atoms with Crippen LogP contribution in [0.5, 0.6) is 0 Å². The van der Waals surface area contributed by atoms with Gasteiger partial charge in [0.1, 0.15) is 0 Å². The lowest BCUT2D eigenvalue weighted by atomic mass is 9.81. The maximum atomic E-state index is 12.4. The quantitative estimate of drug-likeness (QED) is 0.811. The first-order chi connectivity index (χ1) is 9.00. The van der Waals surface area contributed by atoms with Crippen molar-refractivity contribution >= 4 is 5.91 Å². The lowest BCUT2D eigenvalue weighted by Gasteiger charge is -2.47. The van der Waals surface area contributed by atoms with Crippen LogP contribution in [0.15, 0.2) is 0 Å². The highest BCUT2D eigenvalue weighted by molar-refractivity contribution is 5.82. The Labute approximate surface area is 117 Å². The van der Waals surface area contributed by atoms with E-state index in [1.165, 1.54) is 19.3 Å². The van der Waals surface area contributed by atoms with E-state index in [0.29, 0.717) is 24.7 Å². The molecule has 0 radical (unpaired) electrons. The number of fused-ring (bicyclic) bond motifs is 2. The Balaban J connectivity index is 1.95. The first-order valence-corrected chi connectivity index (χ1v) is 7.73. The van der Waals surface area contributed by atoms with Gasteiger partial charge < -0.3 is 16.0 Å². The zero-order valence-corrected chi connectivity index (χ0v) is 12.6. The minimum atomic E-state index is -0.404. The van der Waals surface area contributed by atoms with E-state index in [2.05, 4.69) is 17.3 Å². The van der Waals surface area contributed by atoms with Gasteiger partial charge in [0.2, 0.25) is 5.91 Å². The fourth-order valence-electron chi connectivity index (χ4n) is 3.49. The third kappa shape index (κ3) is 2.95. The van der Waals surface area contributed by atoms with Crippen molar-refractivity contribution in [3.63, 3.8) is 0 Å². The van der Waals surface area contributed by atoms with Crippen LogP contribution in [0.25, 0.3) is 0 Å². The fourth-order valence-corrected chi connectivity index (χ4v) is 3.49. The summed E-state index contributed by atoms with van der Waals surface area (Å²) >= 11 is 0. The molecule has 1 amide bonds. The third-order valence-electron chi connectivity index (χ3n) is 5.45. The summed E-state index contributed by atoms with van der Waals surface area (Å²) in [6.07, 6.45) is 6.90. The number of nitrogens with two attached hydrogens (primary N) is 1. The molecule has 0 aromatic rings. The van der Waals surface area contributed by atoms with Crippen LogP contribution in [0.4, 0.5) is 0 Å². The number of rotatable bonds is 4. The predicted octanol–water partition coefficient (Wildman–Crippen LogP) is 1.49. The molecule has 2 heterocycles. The van der Waals surface area contributed by atoms with Crippen molar-refractivity contribution in [3.8, 4) is 0 Å². The summed E-state index contributed by atoms with van der Waals surface area (Å²) < 4.78 is 0. The van der Waals surface area contributed by atoms with E-state index >= 15 is 0 Å². The number of piperidine rings is 2. The molecule has 2 fully saturated rings. The molecule has 4 heteroatoms. The van der Waals surface area contributed by atoms with E-state index in [9.17, 15) is 4.79 Å². The molecular formula is C15H29N3O. The summed E-state index contributed by atoms with van der Waals surface area (Å²) in [4.78, 5) is 14.9. The van der Waals surface area contributed by atoms with Crippen molar-refractivity contribution in [2.75, 3.05) is 13.6 Å². The molecular weight excluding hydrogens is 238 g/mol. The molecule has 2 rings (SSSR count). The van der Waals surface area contributed by atoms with Gasteiger partial charge in [0.05, 0.1) is 5.41 Å². The van der Waals surface area contributed by atoms with E-state index < -0.39 is 5.41 Å². The van der Waals surface area contributed by atoms with Gasteiger partial charge in [0.15, 0.2) is 0 Å². The van der Waals surface area contributed by atoms with E-state index in [1.54, 1.807) is 0 Å². The van der Waals surface area contributed by atoms with Crippen LogP contribution in [0, 0.1) is 5.41 Å². The lowest BCUT2D eigenvalue weighted by Crippen LogP contribution is -2.57. The van der Waals surface area contributed by atoms with Gasteiger partial charge in [-0.15, -0.1) is 0 Å². The van der Waals surface area contributed by atoms with Crippen LogP contribution in [0.1, 0.15) is 52.4 Å². The Hall–Kier alpha value is -0.610. The van der Waals surface area contributed by atoms with E-state index in [1.807, 2.05) is 13.8 Å². The van der Waals surface area contributed by atoms with Gasteiger partial charge in [0.25, 0.3) is 0 Å². The Morgan fingerprint density at radius 2 is 1.95 bits per heavy atom. The molecule has 19 heavy (non-hydrogen) atoms. The Morgan fingerprint density at radius 1 is 1.37 bits per heavy atom. The highest BCUT2D eigenvalue weighted by Crippen LogP contribution is 2.33. The summed E-state index contributed by atoms with van der Waals surface area (Å²) in [5.74, 6) is 0.144. The number of amides is 1. The van der Waals surface area contributed by atoms with Gasteiger partial charge >= 0.3 is 0 Å². The minimum Gasteiger partial charge on any atom is -0.353 e. The normalized spacial score (nSPS) is 34.6. The van der Waals surface area contributed by atoms with Crippen LogP contribution >= 0.6 is 0 Å². The number of carbonyl (C=O) groups excluding carboxylic acids is 1. The van der Waals surface area contributed by atoms with Crippen molar-refractivity contribution in [1.29, 1.82) is 0 Å². The van der Waals surface area contributed by atoms with E-state index in [4.69, 9.17) is 5.73 Å². The minimum absolute atomic E-state index is 0.144. The van der Waals surface area contributed by atoms with Crippen molar-refractivity contribution in [2.24, 2.45) is 11.1 Å². The maximum Gasteiger partial charge on any atom is 0.227 e. The van der Waals surface area contributed by atoms with Gasteiger partial charge in [-0.05, 0) is 46.1 Å². The average molecular weight is 267 g/mol. The zero-order valence-electron chi connectivity index (χ0n) is 12.6. The second-order valence-electron chi connectivity index (χ2n) is 6.66. The van der Waals surface area contributed by atoms with Crippen LogP contribution in [0.2, 0.25) is 0 Å². The van der Waals surface area contributed by atoms with Crippen molar-refractivity contribution in [3.05, 3.63) is 0 Å². The highest BCUT2D eigenvalue weighted by atomic mass is 16.2. The van der Waals surface area contributed by atoms with Gasteiger partial charge in [-0.3, -0.25) is 4.79 Å². The molecule has 2 saturated heterocycles. The zero-order chi connectivity index (χ0) is 14.0. The smallest absolute Gasteiger partial charge is 0.227 e. The van der Waals surface area contributed by atoms with Gasteiger partial charge in [-0.25, -0.2) is 0 Å². The summed E-state index contributed by atoms with van der Waals surface area (Å²) in [5, 5.41) is 3.26. The molecule has 3 atom stereocenters. The summed E-state index contributed by atoms with van der Waals surface area (Å²) in [5.41, 5.74) is 5.36. The van der Waals surface area contributed by atoms with Gasteiger partial charge in [-0.1, -0.05) is 13.3 Å². The number of carbonyl (C=O) groups is 1. The van der Waals surface area contributed by atoms with Crippen LogP contribution < -0.4 is 11.1 Å². The number of hydrogen-bond donors (Lipinski definition) is 2. The molecule has 3 unspecified atom stereocenters. The summed E-state index contributed by atoms with van der Waals surface area (Å²) in [7, 11) is 2.24. The molecule has 2 aliphatic rings. The second-order valence-corrected chi connectivity index (χ2v) is 6.66. The number of hydrogen-bond acceptors (Lipinski definition) is 3. The first kappa shape index (κ1) is 14.8. The monoisotopic (exact) mass is 267 g/mol. The number of nitrogens with one attached hydrogen (secondary N) is 1. The first-order valence-electron chi connectivity index (χ1n) is 7.73. The molecule has 4 nitrogen and oxygen atoms in total. The fraction of sp³-hybridized carbons (Fsp3) is 0.933. The largest absolute Gasteiger partial charge is 0.353 e. The lowest BCUT2D eigenvalue weighted by molar-refractivity contribution is -0.131. The second kappa shape index (κ2) is 5.80. The average Bonchev–Trinajstić information content (AvgIpc) is 2.39. The third-order valence-corrected chi connectivity index (χ3v) is 5.45. The molecule has 0 spiro atoms. The Bertz CT molecular complexity index is 313. The highest BCUT2D eigenvalue weighted by Gasteiger charge is 2.38. The van der Waals surface area contributed by atoms with Crippen LogP contribution in [-0.4, -0.2) is 42.5 Å².